The van der Waals surface area contributed by atoms with Crippen LogP contribution in [0.2, 0.25) is 0 Å². The minimum atomic E-state index is -0.747. The Labute approximate surface area is 151 Å². The Bertz CT molecular complexity index is 809. The maximum absolute atomic E-state index is 13.0. The van der Waals surface area contributed by atoms with Gasteiger partial charge in [-0.3, -0.25) is 9.59 Å². The van der Waals surface area contributed by atoms with Crippen LogP contribution in [0, 0.1) is 5.82 Å². The Kier molecular flexibility index (Phi) is 6.24. The van der Waals surface area contributed by atoms with Crippen molar-refractivity contribution in [3.05, 3.63) is 58.3 Å². The number of carbonyl (C=O) groups is 3. The molecule has 0 aliphatic rings. The van der Waals surface area contributed by atoms with Crippen LogP contribution in [0.3, 0.4) is 0 Å². The standard InChI is InChI=1S/C17H14BrFN2O4/c1-10(22)20-12-3-5-13(6-4-12)21-16(23)9-25-17(24)14-7-2-11(19)8-15(14)18/h2-8H,9H2,1H3,(H,20,22)(H,21,23). The van der Waals surface area contributed by atoms with Crippen LogP contribution in [0.5, 0.6) is 0 Å². The van der Waals surface area contributed by atoms with E-state index in [2.05, 4.69) is 26.6 Å². The minimum Gasteiger partial charge on any atom is -0.452 e. The highest BCUT2D eigenvalue weighted by Gasteiger charge is 2.14. The van der Waals surface area contributed by atoms with Crippen LogP contribution in [0.4, 0.5) is 15.8 Å². The van der Waals surface area contributed by atoms with Crippen LogP contribution in [-0.2, 0) is 14.3 Å². The number of hydrogen-bond donors (Lipinski definition) is 2. The van der Waals surface area contributed by atoms with Gasteiger partial charge in [-0.1, -0.05) is 0 Å². The van der Waals surface area contributed by atoms with Gasteiger partial charge in [-0.25, -0.2) is 9.18 Å². The quantitative estimate of drug-likeness (QED) is 0.742. The second kappa shape index (κ2) is 8.39. The lowest BCUT2D eigenvalue weighted by Crippen LogP contribution is -2.21. The Morgan fingerprint density at radius 2 is 1.64 bits per heavy atom. The Morgan fingerprint density at radius 1 is 1.04 bits per heavy atom. The van der Waals surface area contributed by atoms with E-state index in [1.807, 2.05) is 0 Å². The first-order valence-corrected chi connectivity index (χ1v) is 7.94. The molecule has 8 heteroatoms. The topological polar surface area (TPSA) is 84.5 Å². The van der Waals surface area contributed by atoms with Gasteiger partial charge in [0.15, 0.2) is 6.61 Å². The maximum atomic E-state index is 13.0. The molecule has 0 saturated carbocycles. The van der Waals surface area contributed by atoms with E-state index in [1.165, 1.54) is 13.0 Å². The average Bonchev–Trinajstić information content (AvgIpc) is 2.54. The SMILES string of the molecule is CC(=O)Nc1ccc(NC(=O)COC(=O)c2ccc(F)cc2Br)cc1. The zero-order valence-electron chi connectivity index (χ0n) is 13.1. The molecule has 0 heterocycles. The van der Waals surface area contributed by atoms with Crippen LogP contribution >= 0.6 is 15.9 Å². The fourth-order valence-electron chi connectivity index (χ4n) is 1.90. The first kappa shape index (κ1) is 18.6. The number of anilines is 2. The van der Waals surface area contributed by atoms with Crippen molar-refractivity contribution in [3.63, 3.8) is 0 Å². The average molecular weight is 409 g/mol. The Balaban J connectivity index is 1.87. The van der Waals surface area contributed by atoms with Crippen molar-refractivity contribution in [1.29, 1.82) is 0 Å². The summed E-state index contributed by atoms with van der Waals surface area (Å²) in [6.07, 6.45) is 0. The zero-order chi connectivity index (χ0) is 18.4. The van der Waals surface area contributed by atoms with Gasteiger partial charge in [0.2, 0.25) is 5.91 Å². The molecule has 0 unspecified atom stereocenters. The van der Waals surface area contributed by atoms with Crippen LogP contribution in [-0.4, -0.2) is 24.4 Å². The molecule has 2 amide bonds. The molecule has 2 N–H and O–H groups in total. The number of carbonyl (C=O) groups excluding carboxylic acids is 3. The molecule has 0 spiro atoms. The van der Waals surface area contributed by atoms with E-state index in [0.717, 1.165) is 12.1 Å². The number of esters is 1. The fraction of sp³-hybridized carbons (Fsp3) is 0.118. The summed E-state index contributed by atoms with van der Waals surface area (Å²) in [6.45, 7) is 0.902. The molecule has 0 aliphatic heterocycles. The van der Waals surface area contributed by atoms with Crippen molar-refractivity contribution in [3.8, 4) is 0 Å². The van der Waals surface area contributed by atoms with E-state index in [-0.39, 0.29) is 15.9 Å². The minimum absolute atomic E-state index is 0.119. The van der Waals surface area contributed by atoms with Crippen LogP contribution in [0.1, 0.15) is 17.3 Å². The molecular formula is C17H14BrFN2O4. The van der Waals surface area contributed by atoms with Crippen molar-refractivity contribution >= 4 is 45.1 Å². The number of benzene rings is 2. The van der Waals surface area contributed by atoms with Gasteiger partial charge in [-0.2, -0.15) is 0 Å². The van der Waals surface area contributed by atoms with Crippen molar-refractivity contribution in [2.24, 2.45) is 0 Å². The molecule has 130 valence electrons. The second-order valence-electron chi connectivity index (χ2n) is 5.01. The first-order valence-electron chi connectivity index (χ1n) is 7.15. The van der Waals surface area contributed by atoms with Gasteiger partial charge in [0.05, 0.1) is 5.56 Å². The second-order valence-corrected chi connectivity index (χ2v) is 5.86. The smallest absolute Gasteiger partial charge is 0.339 e. The lowest BCUT2D eigenvalue weighted by atomic mass is 10.2. The normalized spacial score (nSPS) is 10.0. The van der Waals surface area contributed by atoms with Crippen LogP contribution in [0.25, 0.3) is 0 Å². The third-order valence-electron chi connectivity index (χ3n) is 2.97. The molecule has 0 radical (unpaired) electrons. The van der Waals surface area contributed by atoms with Crippen molar-refractivity contribution in [2.75, 3.05) is 17.2 Å². The van der Waals surface area contributed by atoms with Gasteiger partial charge in [0, 0.05) is 22.8 Å². The third-order valence-corrected chi connectivity index (χ3v) is 3.63. The summed E-state index contributed by atoms with van der Waals surface area (Å²) in [5, 5.41) is 5.15. The van der Waals surface area contributed by atoms with Crippen LogP contribution in [0.15, 0.2) is 46.9 Å². The summed E-state index contributed by atoms with van der Waals surface area (Å²) in [6, 6.07) is 9.96. The molecule has 0 bridgehead atoms. The Morgan fingerprint density at radius 3 is 2.20 bits per heavy atom. The van der Waals surface area contributed by atoms with Crippen molar-refractivity contribution in [1.82, 2.24) is 0 Å². The van der Waals surface area contributed by atoms with E-state index in [1.54, 1.807) is 24.3 Å². The number of hydrogen-bond acceptors (Lipinski definition) is 4. The summed E-state index contributed by atoms with van der Waals surface area (Å²) in [4.78, 5) is 34.6. The van der Waals surface area contributed by atoms with Crippen molar-refractivity contribution < 1.29 is 23.5 Å². The lowest BCUT2D eigenvalue weighted by molar-refractivity contribution is -0.119. The summed E-state index contributed by atoms with van der Waals surface area (Å²) < 4.78 is 18.1. The lowest BCUT2D eigenvalue weighted by Gasteiger charge is -2.08. The number of rotatable bonds is 5. The predicted molar refractivity (Wildman–Crippen MR) is 93.8 cm³/mol. The number of ether oxygens (including phenoxy) is 1. The number of amides is 2. The molecule has 25 heavy (non-hydrogen) atoms. The summed E-state index contributed by atoms with van der Waals surface area (Å²) in [7, 11) is 0. The molecule has 2 rings (SSSR count). The highest BCUT2D eigenvalue weighted by atomic mass is 79.9. The molecule has 0 aliphatic carbocycles. The van der Waals surface area contributed by atoms with E-state index in [9.17, 15) is 18.8 Å². The number of nitrogens with one attached hydrogen (secondary N) is 2. The molecule has 6 nitrogen and oxygen atoms in total. The Hall–Kier alpha value is -2.74. The van der Waals surface area contributed by atoms with E-state index >= 15 is 0 Å². The summed E-state index contributed by atoms with van der Waals surface area (Å²) in [5.41, 5.74) is 1.20. The van der Waals surface area contributed by atoms with Gasteiger partial charge in [-0.05, 0) is 58.4 Å². The van der Waals surface area contributed by atoms with Gasteiger partial charge < -0.3 is 15.4 Å². The number of halogens is 2. The van der Waals surface area contributed by atoms with E-state index < -0.39 is 24.3 Å². The molecule has 0 fully saturated rings. The fourth-order valence-corrected chi connectivity index (χ4v) is 2.41. The predicted octanol–water partition coefficient (Wildman–Crippen LogP) is 3.34. The summed E-state index contributed by atoms with van der Waals surface area (Å²) in [5.74, 6) is -1.97. The third kappa shape index (κ3) is 5.68. The van der Waals surface area contributed by atoms with E-state index in [4.69, 9.17) is 4.74 Å². The highest BCUT2D eigenvalue weighted by molar-refractivity contribution is 9.10. The van der Waals surface area contributed by atoms with Gasteiger partial charge in [-0.15, -0.1) is 0 Å². The molecule has 0 atom stereocenters. The molecule has 0 aromatic heterocycles. The van der Waals surface area contributed by atoms with Gasteiger partial charge in [0.25, 0.3) is 5.91 Å². The highest BCUT2D eigenvalue weighted by Crippen LogP contribution is 2.19. The summed E-state index contributed by atoms with van der Waals surface area (Å²) >= 11 is 3.06. The van der Waals surface area contributed by atoms with E-state index in [0.29, 0.717) is 11.4 Å². The first-order chi connectivity index (χ1) is 11.8. The van der Waals surface area contributed by atoms with Crippen LogP contribution < -0.4 is 10.6 Å². The molecule has 0 saturated heterocycles. The van der Waals surface area contributed by atoms with Gasteiger partial charge in [0.1, 0.15) is 5.82 Å². The molecular weight excluding hydrogens is 395 g/mol. The zero-order valence-corrected chi connectivity index (χ0v) is 14.7. The molecule has 2 aromatic carbocycles. The maximum Gasteiger partial charge on any atom is 0.339 e. The monoisotopic (exact) mass is 408 g/mol. The van der Waals surface area contributed by atoms with Gasteiger partial charge >= 0.3 is 5.97 Å². The van der Waals surface area contributed by atoms with Crippen molar-refractivity contribution in [2.45, 2.75) is 6.92 Å². The largest absolute Gasteiger partial charge is 0.452 e. The molecule has 2 aromatic rings.